The average Bonchev–Trinajstić information content (AvgIpc) is 3.20. The fourth-order valence-electron chi connectivity index (χ4n) is 2.38. The van der Waals surface area contributed by atoms with Crippen molar-refractivity contribution in [1.82, 2.24) is 10.3 Å². The van der Waals surface area contributed by atoms with Gasteiger partial charge in [0, 0.05) is 23.6 Å². The van der Waals surface area contributed by atoms with Crippen LogP contribution >= 0.6 is 22.9 Å². The Kier molecular flexibility index (Phi) is 6.69. The highest BCUT2D eigenvalue weighted by molar-refractivity contribution is 7.14. The number of carbonyl (C=O) groups excluding carboxylic acids is 2. The number of hydrogen-bond donors (Lipinski definition) is 2. The first-order chi connectivity index (χ1) is 14.0. The molecule has 0 aliphatic carbocycles. The third-order valence-electron chi connectivity index (χ3n) is 3.94. The molecule has 0 aliphatic heterocycles. The molecule has 0 unspecified atom stereocenters. The number of thiazole rings is 1. The van der Waals surface area contributed by atoms with Gasteiger partial charge < -0.3 is 14.8 Å². The Morgan fingerprint density at radius 3 is 2.52 bits per heavy atom. The summed E-state index contributed by atoms with van der Waals surface area (Å²) in [5.41, 5.74) is 1.86. The van der Waals surface area contributed by atoms with Crippen LogP contribution in [0.15, 0.2) is 47.8 Å². The Labute approximate surface area is 176 Å². The molecule has 0 atom stereocenters. The number of methoxy groups -OCH3 is 1. The molecule has 29 heavy (non-hydrogen) atoms. The number of halogens is 1. The predicted octanol–water partition coefficient (Wildman–Crippen LogP) is 3.85. The highest BCUT2D eigenvalue weighted by atomic mass is 35.5. The molecule has 150 valence electrons. The zero-order chi connectivity index (χ0) is 20.8. The quantitative estimate of drug-likeness (QED) is 0.593. The monoisotopic (exact) mass is 431 g/mol. The van der Waals surface area contributed by atoms with E-state index in [1.807, 2.05) is 11.4 Å². The SMILES string of the molecule is CNC(=O)COc1ccc(C(=O)Nc2nc(-c3ccc(OC)cc3Cl)cs2)cc1. The number of likely N-dealkylation sites (N-methyl/N-ethyl adjacent to an activating group) is 1. The highest BCUT2D eigenvalue weighted by Crippen LogP contribution is 2.33. The van der Waals surface area contributed by atoms with Gasteiger partial charge in [-0.15, -0.1) is 11.3 Å². The van der Waals surface area contributed by atoms with Gasteiger partial charge in [-0.3, -0.25) is 14.9 Å². The summed E-state index contributed by atoms with van der Waals surface area (Å²) in [6.45, 7) is -0.0855. The van der Waals surface area contributed by atoms with E-state index in [0.717, 1.165) is 5.56 Å². The fraction of sp³-hybridized carbons (Fsp3) is 0.150. The van der Waals surface area contributed by atoms with Crippen LogP contribution in [0.25, 0.3) is 11.3 Å². The first kappa shape index (κ1) is 20.6. The van der Waals surface area contributed by atoms with Crippen molar-refractivity contribution < 1.29 is 19.1 Å². The Hall–Kier alpha value is -3.10. The third-order valence-corrected chi connectivity index (χ3v) is 5.01. The van der Waals surface area contributed by atoms with Gasteiger partial charge in [0.05, 0.1) is 17.8 Å². The molecule has 0 saturated carbocycles. The molecule has 0 fully saturated rings. The smallest absolute Gasteiger partial charge is 0.257 e. The Morgan fingerprint density at radius 1 is 1.14 bits per heavy atom. The molecular formula is C20H18ClN3O4S. The van der Waals surface area contributed by atoms with Crippen LogP contribution in [-0.4, -0.2) is 37.6 Å². The van der Waals surface area contributed by atoms with E-state index in [4.69, 9.17) is 21.1 Å². The van der Waals surface area contributed by atoms with Crippen LogP contribution in [0.1, 0.15) is 10.4 Å². The molecule has 2 aromatic carbocycles. The summed E-state index contributed by atoms with van der Waals surface area (Å²) >= 11 is 7.58. The highest BCUT2D eigenvalue weighted by Gasteiger charge is 2.13. The van der Waals surface area contributed by atoms with Crippen molar-refractivity contribution in [1.29, 1.82) is 0 Å². The Morgan fingerprint density at radius 2 is 1.86 bits per heavy atom. The molecule has 2 amide bonds. The lowest BCUT2D eigenvalue weighted by atomic mass is 10.1. The summed E-state index contributed by atoms with van der Waals surface area (Å²) < 4.78 is 10.5. The van der Waals surface area contributed by atoms with Gasteiger partial charge in [0.15, 0.2) is 11.7 Å². The van der Waals surface area contributed by atoms with Crippen molar-refractivity contribution in [2.45, 2.75) is 0 Å². The van der Waals surface area contributed by atoms with Crippen LogP contribution in [0.4, 0.5) is 5.13 Å². The van der Waals surface area contributed by atoms with Crippen molar-refractivity contribution in [3.63, 3.8) is 0 Å². The normalized spacial score (nSPS) is 10.3. The summed E-state index contributed by atoms with van der Waals surface area (Å²) in [5, 5.41) is 8.02. The molecule has 7 nitrogen and oxygen atoms in total. The topological polar surface area (TPSA) is 89.5 Å². The number of benzene rings is 2. The maximum Gasteiger partial charge on any atom is 0.257 e. The lowest BCUT2D eigenvalue weighted by molar-refractivity contribution is -0.122. The van der Waals surface area contributed by atoms with E-state index in [2.05, 4.69) is 15.6 Å². The Balaban J connectivity index is 1.65. The number of rotatable bonds is 7. The maximum atomic E-state index is 12.4. The molecule has 3 rings (SSSR count). The number of aromatic nitrogens is 1. The summed E-state index contributed by atoms with van der Waals surface area (Å²) in [4.78, 5) is 28.1. The number of anilines is 1. The van der Waals surface area contributed by atoms with E-state index in [9.17, 15) is 9.59 Å². The van der Waals surface area contributed by atoms with Crippen molar-refractivity contribution in [2.24, 2.45) is 0 Å². The summed E-state index contributed by atoms with van der Waals surface area (Å²) in [6, 6.07) is 11.8. The average molecular weight is 432 g/mol. The van der Waals surface area contributed by atoms with E-state index in [0.29, 0.717) is 32.9 Å². The molecule has 9 heteroatoms. The summed E-state index contributed by atoms with van der Waals surface area (Å²) in [5.74, 6) is 0.619. The molecule has 0 aliphatic rings. The number of hydrogen-bond acceptors (Lipinski definition) is 6. The molecule has 0 saturated heterocycles. The number of amides is 2. The van der Waals surface area contributed by atoms with Crippen molar-refractivity contribution >= 4 is 39.9 Å². The first-order valence-corrected chi connectivity index (χ1v) is 9.80. The van der Waals surface area contributed by atoms with Crippen LogP contribution in [-0.2, 0) is 4.79 Å². The fourth-order valence-corrected chi connectivity index (χ4v) is 3.35. The number of carbonyl (C=O) groups is 2. The standard InChI is InChI=1S/C20H18ClN3O4S/c1-22-18(25)10-28-13-5-3-12(4-6-13)19(26)24-20-23-17(11-29-20)15-8-7-14(27-2)9-16(15)21/h3-9,11H,10H2,1-2H3,(H,22,25)(H,23,24,26). The molecule has 1 heterocycles. The lowest BCUT2D eigenvalue weighted by Crippen LogP contribution is -2.24. The predicted molar refractivity (Wildman–Crippen MR) is 113 cm³/mol. The van der Waals surface area contributed by atoms with Gasteiger partial charge in [0.2, 0.25) is 0 Å². The van der Waals surface area contributed by atoms with E-state index < -0.39 is 0 Å². The minimum atomic E-state index is -0.301. The van der Waals surface area contributed by atoms with Gasteiger partial charge in [0.1, 0.15) is 11.5 Å². The van der Waals surface area contributed by atoms with Gasteiger partial charge in [-0.2, -0.15) is 0 Å². The van der Waals surface area contributed by atoms with Crippen molar-refractivity contribution in [3.8, 4) is 22.8 Å². The molecule has 0 bridgehead atoms. The summed E-state index contributed by atoms with van der Waals surface area (Å²) in [7, 11) is 3.11. The maximum absolute atomic E-state index is 12.4. The van der Waals surface area contributed by atoms with Crippen LogP contribution in [0.5, 0.6) is 11.5 Å². The van der Waals surface area contributed by atoms with Crippen LogP contribution < -0.4 is 20.1 Å². The molecule has 3 aromatic rings. The van der Waals surface area contributed by atoms with E-state index in [1.54, 1.807) is 43.5 Å². The minimum absolute atomic E-state index is 0.0855. The van der Waals surface area contributed by atoms with E-state index in [-0.39, 0.29) is 18.4 Å². The van der Waals surface area contributed by atoms with Gasteiger partial charge in [-0.25, -0.2) is 4.98 Å². The zero-order valence-corrected chi connectivity index (χ0v) is 17.3. The van der Waals surface area contributed by atoms with Gasteiger partial charge in [0.25, 0.3) is 11.8 Å². The van der Waals surface area contributed by atoms with E-state index in [1.165, 1.54) is 18.4 Å². The lowest BCUT2D eigenvalue weighted by Gasteiger charge is -2.06. The number of nitrogens with one attached hydrogen (secondary N) is 2. The first-order valence-electron chi connectivity index (χ1n) is 8.54. The van der Waals surface area contributed by atoms with Crippen LogP contribution in [0.3, 0.4) is 0 Å². The number of ether oxygens (including phenoxy) is 2. The van der Waals surface area contributed by atoms with Gasteiger partial charge in [-0.1, -0.05) is 11.6 Å². The largest absolute Gasteiger partial charge is 0.497 e. The van der Waals surface area contributed by atoms with E-state index >= 15 is 0 Å². The van der Waals surface area contributed by atoms with Gasteiger partial charge in [-0.05, 0) is 42.5 Å². The molecule has 2 N–H and O–H groups in total. The Bertz CT molecular complexity index is 1020. The van der Waals surface area contributed by atoms with Crippen LogP contribution in [0, 0.1) is 0 Å². The molecule has 0 spiro atoms. The molecule has 1 aromatic heterocycles. The number of nitrogens with zero attached hydrogens (tertiary/aromatic N) is 1. The third kappa shape index (κ3) is 5.24. The summed E-state index contributed by atoms with van der Waals surface area (Å²) in [6.07, 6.45) is 0. The zero-order valence-electron chi connectivity index (χ0n) is 15.7. The second-order valence-electron chi connectivity index (χ2n) is 5.82. The van der Waals surface area contributed by atoms with Crippen LogP contribution in [0.2, 0.25) is 5.02 Å². The second-order valence-corrected chi connectivity index (χ2v) is 7.09. The van der Waals surface area contributed by atoms with Crippen molar-refractivity contribution in [2.75, 3.05) is 26.1 Å². The van der Waals surface area contributed by atoms with Gasteiger partial charge >= 0.3 is 0 Å². The second kappa shape index (κ2) is 9.40. The minimum Gasteiger partial charge on any atom is -0.497 e. The van der Waals surface area contributed by atoms with Crippen molar-refractivity contribution in [3.05, 3.63) is 58.4 Å². The molecule has 0 radical (unpaired) electrons. The molecular weight excluding hydrogens is 414 g/mol.